The molecule has 0 amide bonds. The molecule has 0 spiro atoms. The molecule has 3 nitrogen and oxygen atoms in total. The second kappa shape index (κ2) is 4.80. The summed E-state index contributed by atoms with van der Waals surface area (Å²) in [6.45, 7) is 3.05. The van der Waals surface area contributed by atoms with Crippen molar-refractivity contribution < 1.29 is 13.9 Å². The molecule has 1 aromatic carbocycles. The van der Waals surface area contributed by atoms with Crippen LogP contribution in [0.3, 0.4) is 0 Å². The van der Waals surface area contributed by atoms with Gasteiger partial charge in [0.25, 0.3) is 0 Å². The highest BCUT2D eigenvalue weighted by Crippen LogP contribution is 2.22. The highest BCUT2D eigenvalue weighted by molar-refractivity contribution is 5.30. The van der Waals surface area contributed by atoms with Crippen LogP contribution in [0, 0.1) is 5.82 Å². The lowest BCUT2D eigenvalue weighted by Crippen LogP contribution is -2.16. The molecular formula is C12H16FNO2. The van der Waals surface area contributed by atoms with E-state index in [9.17, 15) is 4.39 Å². The van der Waals surface area contributed by atoms with Crippen LogP contribution in [-0.2, 0) is 4.74 Å². The Bertz CT molecular complexity index is 362. The fraction of sp³-hybridized carbons (Fsp3) is 0.500. The molecule has 16 heavy (non-hydrogen) atoms. The average molecular weight is 225 g/mol. The zero-order chi connectivity index (χ0) is 11.5. The van der Waals surface area contributed by atoms with Gasteiger partial charge in [0, 0.05) is 24.1 Å². The second-order valence-electron chi connectivity index (χ2n) is 4.08. The Balaban J connectivity index is 2.08. The minimum absolute atomic E-state index is 0.0422. The molecule has 1 saturated heterocycles. The first-order valence-corrected chi connectivity index (χ1v) is 5.46. The largest absolute Gasteiger partial charge is 0.488 e. The van der Waals surface area contributed by atoms with Crippen molar-refractivity contribution in [2.45, 2.75) is 25.5 Å². The van der Waals surface area contributed by atoms with Crippen LogP contribution in [0.4, 0.5) is 4.39 Å². The molecule has 2 atom stereocenters. The van der Waals surface area contributed by atoms with Gasteiger partial charge in [0.15, 0.2) is 0 Å². The first-order chi connectivity index (χ1) is 7.66. The number of benzene rings is 1. The lowest BCUT2D eigenvalue weighted by atomic mass is 10.1. The Morgan fingerprint density at radius 1 is 1.56 bits per heavy atom. The van der Waals surface area contributed by atoms with Crippen LogP contribution < -0.4 is 10.5 Å². The van der Waals surface area contributed by atoms with Gasteiger partial charge >= 0.3 is 0 Å². The minimum Gasteiger partial charge on any atom is -0.488 e. The van der Waals surface area contributed by atoms with E-state index in [-0.39, 0.29) is 18.0 Å². The summed E-state index contributed by atoms with van der Waals surface area (Å²) >= 11 is 0. The van der Waals surface area contributed by atoms with Crippen LogP contribution in [0.25, 0.3) is 0 Å². The molecule has 0 radical (unpaired) electrons. The van der Waals surface area contributed by atoms with E-state index in [1.54, 1.807) is 19.1 Å². The molecule has 0 aromatic heterocycles. The minimum atomic E-state index is -0.314. The zero-order valence-corrected chi connectivity index (χ0v) is 9.28. The Kier molecular flexibility index (Phi) is 3.41. The lowest BCUT2D eigenvalue weighted by Gasteiger charge is -2.13. The van der Waals surface area contributed by atoms with E-state index in [2.05, 4.69) is 0 Å². The van der Waals surface area contributed by atoms with Crippen molar-refractivity contribution >= 4 is 0 Å². The molecule has 1 aliphatic rings. The Morgan fingerprint density at radius 2 is 2.38 bits per heavy atom. The van der Waals surface area contributed by atoms with Gasteiger partial charge in [-0.2, -0.15) is 0 Å². The van der Waals surface area contributed by atoms with E-state index in [1.165, 1.54) is 6.07 Å². The molecule has 2 rings (SSSR count). The van der Waals surface area contributed by atoms with Crippen molar-refractivity contribution in [3.63, 3.8) is 0 Å². The van der Waals surface area contributed by atoms with E-state index in [4.69, 9.17) is 15.2 Å². The van der Waals surface area contributed by atoms with Gasteiger partial charge in [-0.25, -0.2) is 4.39 Å². The van der Waals surface area contributed by atoms with E-state index in [0.717, 1.165) is 6.42 Å². The van der Waals surface area contributed by atoms with Gasteiger partial charge in [-0.1, -0.05) is 6.07 Å². The molecule has 0 bridgehead atoms. The zero-order valence-electron chi connectivity index (χ0n) is 9.28. The van der Waals surface area contributed by atoms with Gasteiger partial charge in [0.05, 0.1) is 13.2 Å². The molecule has 88 valence electrons. The standard InChI is InChI=1S/C12H16FNO2/c1-8(14)11-3-2-9(6-12(11)13)16-10-4-5-15-7-10/h2-3,6,8,10H,4-5,7,14H2,1H3. The van der Waals surface area contributed by atoms with Gasteiger partial charge in [0.2, 0.25) is 0 Å². The predicted octanol–water partition coefficient (Wildman–Crippen LogP) is 2.01. The smallest absolute Gasteiger partial charge is 0.131 e. The monoisotopic (exact) mass is 225 g/mol. The number of hydrogen-bond donors (Lipinski definition) is 1. The average Bonchev–Trinajstić information content (AvgIpc) is 2.70. The molecule has 1 heterocycles. The van der Waals surface area contributed by atoms with Crippen LogP contribution in [0.2, 0.25) is 0 Å². The molecule has 4 heteroatoms. The van der Waals surface area contributed by atoms with Crippen molar-refractivity contribution in [1.82, 2.24) is 0 Å². The van der Waals surface area contributed by atoms with Crippen LogP contribution in [0.5, 0.6) is 5.75 Å². The van der Waals surface area contributed by atoms with Crippen molar-refractivity contribution in [2.75, 3.05) is 13.2 Å². The molecule has 1 aliphatic heterocycles. The molecule has 1 aromatic rings. The summed E-state index contributed by atoms with van der Waals surface area (Å²) in [6, 6.07) is 4.51. The van der Waals surface area contributed by atoms with Gasteiger partial charge in [-0.05, 0) is 13.0 Å². The Morgan fingerprint density at radius 3 is 2.94 bits per heavy atom. The van der Waals surface area contributed by atoms with Crippen molar-refractivity contribution in [3.05, 3.63) is 29.6 Å². The van der Waals surface area contributed by atoms with Gasteiger partial charge in [0.1, 0.15) is 17.7 Å². The summed E-state index contributed by atoms with van der Waals surface area (Å²) < 4.78 is 24.4. The maximum absolute atomic E-state index is 13.6. The van der Waals surface area contributed by atoms with Gasteiger partial charge in [-0.15, -0.1) is 0 Å². The van der Waals surface area contributed by atoms with Crippen molar-refractivity contribution in [3.8, 4) is 5.75 Å². The maximum atomic E-state index is 13.6. The van der Waals surface area contributed by atoms with Gasteiger partial charge in [-0.3, -0.25) is 0 Å². The van der Waals surface area contributed by atoms with Crippen molar-refractivity contribution in [1.29, 1.82) is 0 Å². The number of ether oxygens (including phenoxy) is 2. The third-order valence-corrected chi connectivity index (χ3v) is 2.65. The fourth-order valence-electron chi connectivity index (χ4n) is 1.75. The normalized spacial score (nSPS) is 22.1. The third kappa shape index (κ3) is 2.51. The molecule has 0 saturated carbocycles. The summed E-state index contributed by atoms with van der Waals surface area (Å²) in [5.41, 5.74) is 6.14. The van der Waals surface area contributed by atoms with E-state index >= 15 is 0 Å². The summed E-state index contributed by atoms with van der Waals surface area (Å²) in [7, 11) is 0. The number of halogens is 1. The van der Waals surface area contributed by atoms with Gasteiger partial charge < -0.3 is 15.2 Å². The predicted molar refractivity (Wildman–Crippen MR) is 58.9 cm³/mol. The van der Waals surface area contributed by atoms with E-state index in [1.807, 2.05) is 0 Å². The molecule has 1 fully saturated rings. The number of nitrogens with two attached hydrogens (primary N) is 1. The lowest BCUT2D eigenvalue weighted by molar-refractivity contribution is 0.141. The molecular weight excluding hydrogens is 209 g/mol. The summed E-state index contributed by atoms with van der Waals surface area (Å²) in [6.07, 6.45) is 0.900. The summed E-state index contributed by atoms with van der Waals surface area (Å²) in [5, 5.41) is 0. The van der Waals surface area contributed by atoms with E-state index < -0.39 is 0 Å². The highest BCUT2D eigenvalue weighted by atomic mass is 19.1. The number of rotatable bonds is 3. The molecule has 0 aliphatic carbocycles. The number of hydrogen-bond acceptors (Lipinski definition) is 3. The van der Waals surface area contributed by atoms with Crippen LogP contribution >= 0.6 is 0 Å². The Hall–Kier alpha value is -1.13. The quantitative estimate of drug-likeness (QED) is 0.855. The first kappa shape index (κ1) is 11.4. The van der Waals surface area contributed by atoms with Crippen molar-refractivity contribution in [2.24, 2.45) is 5.73 Å². The summed E-state index contributed by atoms with van der Waals surface area (Å²) in [5.74, 6) is 0.226. The van der Waals surface area contributed by atoms with Crippen LogP contribution in [0.15, 0.2) is 18.2 Å². The molecule has 2 unspecified atom stereocenters. The van der Waals surface area contributed by atoms with Crippen LogP contribution in [0.1, 0.15) is 24.9 Å². The maximum Gasteiger partial charge on any atom is 0.131 e. The van der Waals surface area contributed by atoms with Crippen LogP contribution in [-0.4, -0.2) is 19.3 Å². The SMILES string of the molecule is CC(N)c1ccc(OC2CCOC2)cc1F. The van der Waals surface area contributed by atoms with E-state index in [0.29, 0.717) is 24.5 Å². The summed E-state index contributed by atoms with van der Waals surface area (Å²) in [4.78, 5) is 0. The third-order valence-electron chi connectivity index (χ3n) is 2.65. The molecule has 2 N–H and O–H groups in total. The Labute approximate surface area is 94.3 Å². The highest BCUT2D eigenvalue weighted by Gasteiger charge is 2.18. The first-order valence-electron chi connectivity index (χ1n) is 5.46. The second-order valence-corrected chi connectivity index (χ2v) is 4.08. The fourth-order valence-corrected chi connectivity index (χ4v) is 1.75. The topological polar surface area (TPSA) is 44.5 Å².